The molecule has 43 heavy (non-hydrogen) atoms. The van der Waals surface area contributed by atoms with Crippen LogP contribution in [-0.4, -0.2) is 68.1 Å². The van der Waals surface area contributed by atoms with Crippen LogP contribution in [0.5, 0.6) is 5.75 Å². The Hall–Kier alpha value is -3.44. The second-order valence-corrected chi connectivity index (χ2v) is 12.4. The first kappa shape index (κ1) is 32.5. The van der Waals surface area contributed by atoms with Crippen LogP contribution in [0, 0.1) is 18.9 Å². The van der Waals surface area contributed by atoms with Crippen LogP contribution >= 0.6 is 22.9 Å². The number of piperidine rings is 1. The summed E-state index contributed by atoms with van der Waals surface area (Å²) in [4.78, 5) is 23.3. The predicted octanol–water partition coefficient (Wildman–Crippen LogP) is 7.53. The molecule has 0 atom stereocenters. The predicted molar refractivity (Wildman–Crippen MR) is 168 cm³/mol. The minimum absolute atomic E-state index is 0.104. The number of nitrogens with zero attached hydrogens (tertiary/aromatic N) is 6. The number of benzene rings is 1. The number of hydrogen-bond donors (Lipinski definition) is 0. The number of aryl methyl sites for hydroxylation is 1. The number of hydrogen-bond acceptors (Lipinski definition) is 12. The van der Waals surface area contributed by atoms with Crippen molar-refractivity contribution < 1.29 is 23.7 Å². The molecule has 1 aliphatic heterocycles. The molecule has 13 heteroatoms. The average molecular weight is 627 g/mol. The number of esters is 1. The number of anilines is 1. The van der Waals surface area contributed by atoms with Gasteiger partial charge in [0.2, 0.25) is 5.69 Å². The lowest BCUT2D eigenvalue weighted by Crippen LogP contribution is -2.39. The summed E-state index contributed by atoms with van der Waals surface area (Å²) in [6.45, 7) is 18.5. The third kappa shape index (κ3) is 8.57. The standard InChI is InChI=1S/C30H38N6O5S2/c1-7-30(3,4)28(37)41-23-12-14-36(15-13-23)29-32-25(26(42-29)33-34-27-24(31-5)20(2)35-43-27)21-8-10-22(11-9-21)40-19-18-39-17-16-38-6/h8-11,23H,7,12-19H2,1-4,6H3. The minimum Gasteiger partial charge on any atom is -0.491 e. The highest BCUT2D eigenvalue weighted by Gasteiger charge is 2.32. The van der Waals surface area contributed by atoms with E-state index < -0.39 is 5.41 Å². The highest BCUT2D eigenvalue weighted by atomic mass is 32.1. The van der Waals surface area contributed by atoms with Crippen molar-refractivity contribution in [2.45, 2.75) is 53.1 Å². The molecule has 1 fully saturated rings. The lowest BCUT2D eigenvalue weighted by Gasteiger charge is -2.33. The van der Waals surface area contributed by atoms with Crippen molar-refractivity contribution in [3.8, 4) is 17.0 Å². The molecule has 230 valence electrons. The molecule has 0 unspecified atom stereocenters. The van der Waals surface area contributed by atoms with Crippen LogP contribution in [-0.2, 0) is 19.0 Å². The Morgan fingerprint density at radius 3 is 2.49 bits per heavy atom. The molecular formula is C30H38N6O5S2. The highest BCUT2D eigenvalue weighted by molar-refractivity contribution is 7.19. The number of thiazole rings is 1. The summed E-state index contributed by atoms with van der Waals surface area (Å²) in [5, 5.41) is 10.9. The van der Waals surface area contributed by atoms with Gasteiger partial charge >= 0.3 is 5.97 Å². The summed E-state index contributed by atoms with van der Waals surface area (Å²) in [6, 6.07) is 7.68. The lowest BCUT2D eigenvalue weighted by molar-refractivity contribution is -0.160. The van der Waals surface area contributed by atoms with Gasteiger partial charge in [-0.15, -0.1) is 10.2 Å². The Morgan fingerprint density at radius 2 is 1.81 bits per heavy atom. The van der Waals surface area contributed by atoms with Crippen LogP contribution in [0.1, 0.15) is 45.7 Å². The topological polar surface area (TPSA) is 112 Å². The molecule has 11 nitrogen and oxygen atoms in total. The fraction of sp³-hybridized carbons (Fsp3) is 0.533. The zero-order valence-corrected chi connectivity index (χ0v) is 26.9. The third-order valence-electron chi connectivity index (χ3n) is 7.23. The van der Waals surface area contributed by atoms with Crippen molar-refractivity contribution in [3.05, 3.63) is 41.4 Å². The summed E-state index contributed by atoms with van der Waals surface area (Å²) in [7, 11) is 1.64. The smallest absolute Gasteiger partial charge is 0.311 e. The molecule has 1 aliphatic rings. The van der Waals surface area contributed by atoms with E-state index in [1.54, 1.807) is 14.0 Å². The van der Waals surface area contributed by atoms with Crippen molar-refractivity contribution in [3.63, 3.8) is 0 Å². The van der Waals surface area contributed by atoms with Gasteiger partial charge < -0.3 is 23.8 Å². The van der Waals surface area contributed by atoms with Gasteiger partial charge in [-0.05, 0) is 63.0 Å². The van der Waals surface area contributed by atoms with Gasteiger partial charge in [0.15, 0.2) is 15.1 Å². The number of carbonyl (C=O) groups excluding carboxylic acids is 1. The summed E-state index contributed by atoms with van der Waals surface area (Å²) in [5.41, 5.74) is 2.14. The van der Waals surface area contributed by atoms with Crippen LogP contribution in [0.4, 0.5) is 20.8 Å². The molecule has 0 radical (unpaired) electrons. The number of methoxy groups -OCH3 is 1. The molecular weight excluding hydrogens is 589 g/mol. The number of carbonyl (C=O) groups is 1. The van der Waals surface area contributed by atoms with E-state index >= 15 is 0 Å². The van der Waals surface area contributed by atoms with Crippen LogP contribution in [0.25, 0.3) is 16.1 Å². The molecule has 0 bridgehead atoms. The molecule has 3 heterocycles. The van der Waals surface area contributed by atoms with E-state index in [0.29, 0.717) is 66.6 Å². The number of rotatable bonds is 14. The van der Waals surface area contributed by atoms with Crippen molar-refractivity contribution in [2.75, 3.05) is 51.5 Å². The fourth-order valence-corrected chi connectivity index (χ4v) is 5.75. The molecule has 0 amide bonds. The van der Waals surface area contributed by atoms with Crippen LogP contribution in [0.15, 0.2) is 34.5 Å². The van der Waals surface area contributed by atoms with Gasteiger partial charge in [-0.25, -0.2) is 14.2 Å². The van der Waals surface area contributed by atoms with Gasteiger partial charge in [-0.3, -0.25) is 4.79 Å². The maximum atomic E-state index is 12.6. The summed E-state index contributed by atoms with van der Waals surface area (Å²) >= 11 is 2.60. The zero-order valence-electron chi connectivity index (χ0n) is 25.3. The largest absolute Gasteiger partial charge is 0.491 e. The van der Waals surface area contributed by atoms with E-state index in [4.69, 9.17) is 30.5 Å². The number of aromatic nitrogens is 2. The molecule has 0 saturated carbocycles. The van der Waals surface area contributed by atoms with Gasteiger partial charge in [0.05, 0.1) is 37.5 Å². The molecule has 0 spiro atoms. The van der Waals surface area contributed by atoms with Gasteiger partial charge in [0.25, 0.3) is 0 Å². The van der Waals surface area contributed by atoms with E-state index in [9.17, 15) is 4.79 Å². The minimum atomic E-state index is -0.483. The Morgan fingerprint density at radius 1 is 1.12 bits per heavy atom. The normalized spacial score (nSPS) is 14.3. The number of azo groups is 1. The van der Waals surface area contributed by atoms with Crippen molar-refractivity contribution in [1.29, 1.82) is 0 Å². The van der Waals surface area contributed by atoms with Crippen LogP contribution in [0.2, 0.25) is 0 Å². The first-order valence-corrected chi connectivity index (χ1v) is 15.9. The monoisotopic (exact) mass is 626 g/mol. The van der Waals surface area contributed by atoms with Gasteiger partial charge in [-0.2, -0.15) is 0 Å². The highest BCUT2D eigenvalue weighted by Crippen LogP contribution is 2.43. The van der Waals surface area contributed by atoms with Crippen LogP contribution in [0.3, 0.4) is 0 Å². The summed E-state index contributed by atoms with van der Waals surface area (Å²) in [6.07, 6.45) is 2.09. The Bertz CT molecular complexity index is 1420. The van der Waals surface area contributed by atoms with E-state index in [1.165, 1.54) is 11.3 Å². The molecule has 0 N–H and O–H groups in total. The maximum Gasteiger partial charge on any atom is 0.311 e. The molecule has 1 saturated heterocycles. The molecule has 2 aromatic heterocycles. The number of ether oxygens (including phenoxy) is 4. The molecule has 3 aromatic rings. The van der Waals surface area contributed by atoms with E-state index in [0.717, 1.165) is 47.2 Å². The van der Waals surface area contributed by atoms with Gasteiger partial charge in [0, 0.05) is 38.6 Å². The maximum absolute atomic E-state index is 12.6. The van der Waals surface area contributed by atoms with Crippen molar-refractivity contribution in [1.82, 2.24) is 9.36 Å². The van der Waals surface area contributed by atoms with Crippen molar-refractivity contribution in [2.24, 2.45) is 15.6 Å². The second kappa shape index (κ2) is 15.3. The van der Waals surface area contributed by atoms with E-state index in [-0.39, 0.29) is 12.1 Å². The Kier molecular flexibility index (Phi) is 11.6. The second-order valence-electron chi connectivity index (χ2n) is 10.7. The molecule has 4 rings (SSSR count). The fourth-order valence-electron chi connectivity index (χ4n) is 4.12. The lowest BCUT2D eigenvalue weighted by atomic mass is 9.90. The third-order valence-corrected chi connectivity index (χ3v) is 9.05. The zero-order chi connectivity index (χ0) is 30.8. The van der Waals surface area contributed by atoms with Gasteiger partial charge in [-0.1, -0.05) is 18.3 Å². The van der Waals surface area contributed by atoms with E-state index in [1.807, 2.05) is 45.0 Å². The summed E-state index contributed by atoms with van der Waals surface area (Å²) < 4.78 is 26.3. The van der Waals surface area contributed by atoms with Crippen molar-refractivity contribution >= 4 is 49.7 Å². The van der Waals surface area contributed by atoms with Crippen LogP contribution < -0.4 is 9.64 Å². The van der Waals surface area contributed by atoms with Gasteiger partial charge in [0.1, 0.15) is 24.2 Å². The van der Waals surface area contributed by atoms with E-state index in [2.05, 4.69) is 24.3 Å². The average Bonchev–Trinajstić information content (AvgIpc) is 3.61. The molecule has 0 aliphatic carbocycles. The Labute approximate surface area is 260 Å². The Balaban J connectivity index is 1.50. The molecule has 1 aromatic carbocycles. The quantitative estimate of drug-likeness (QED) is 0.0781. The SMILES string of the molecule is [C-]#[N+]c1c(C)nsc1N=Nc1sc(N2CCC(OC(=O)C(C)(C)CC)CC2)nc1-c1ccc(OCCOCCOC)cc1. The summed E-state index contributed by atoms with van der Waals surface area (Å²) in [5.74, 6) is 0.582. The first-order chi connectivity index (χ1) is 20.7. The first-order valence-electron chi connectivity index (χ1n) is 14.3.